The molecule has 4 N–H and O–H groups in total. The van der Waals surface area contributed by atoms with Crippen LogP contribution in [0, 0.1) is 11.6 Å². The molecule has 1 saturated carbocycles. The normalized spacial score (nSPS) is 26.4. The molecule has 148 valence electrons. The first-order chi connectivity index (χ1) is 13.3. The molecule has 2 bridgehead atoms. The van der Waals surface area contributed by atoms with Crippen LogP contribution in [0.1, 0.15) is 42.6 Å². The van der Waals surface area contributed by atoms with Crippen LogP contribution in [0.15, 0.2) is 11.0 Å². The van der Waals surface area contributed by atoms with Crippen molar-refractivity contribution >= 4 is 28.2 Å². The van der Waals surface area contributed by atoms with Crippen molar-refractivity contribution < 1.29 is 18.7 Å². The smallest absolute Gasteiger partial charge is 0.341 e. The molecule has 3 fully saturated rings. The highest BCUT2D eigenvalue weighted by atomic mass is 19.1. The molecule has 0 radical (unpaired) electrons. The van der Waals surface area contributed by atoms with Gasteiger partial charge < -0.3 is 25.6 Å². The van der Waals surface area contributed by atoms with Crippen LogP contribution in [-0.2, 0) is 0 Å². The average molecular weight is 390 g/mol. The third-order valence-electron chi connectivity index (χ3n) is 6.24. The van der Waals surface area contributed by atoms with Crippen LogP contribution in [0.5, 0.6) is 0 Å². The average Bonchev–Trinajstić information content (AvgIpc) is 3.31. The largest absolute Gasteiger partial charge is 0.477 e. The number of piperazine rings is 1. The summed E-state index contributed by atoms with van der Waals surface area (Å²) in [5.74, 6) is -3.28. The summed E-state index contributed by atoms with van der Waals surface area (Å²) in [6.07, 6.45) is 3.41. The Labute approximate surface area is 158 Å². The highest BCUT2D eigenvalue weighted by Gasteiger charge is 2.45. The van der Waals surface area contributed by atoms with Crippen molar-refractivity contribution in [1.29, 1.82) is 0 Å². The van der Waals surface area contributed by atoms with Crippen LogP contribution < -0.4 is 21.4 Å². The number of hydrogen-bond acceptors (Lipinski definition) is 5. The van der Waals surface area contributed by atoms with Crippen molar-refractivity contribution in [2.24, 2.45) is 0 Å². The van der Waals surface area contributed by atoms with E-state index in [2.05, 4.69) is 5.32 Å². The Morgan fingerprint density at radius 3 is 2.61 bits per heavy atom. The molecule has 3 unspecified atom stereocenters. The minimum atomic E-state index is -1.44. The Morgan fingerprint density at radius 1 is 1.32 bits per heavy atom. The van der Waals surface area contributed by atoms with Crippen LogP contribution in [0.2, 0.25) is 0 Å². The van der Waals surface area contributed by atoms with E-state index < -0.39 is 34.3 Å². The second-order valence-corrected chi connectivity index (χ2v) is 8.04. The Bertz CT molecular complexity index is 1100. The molecule has 3 atom stereocenters. The minimum absolute atomic E-state index is 0.0646. The maximum absolute atomic E-state index is 15.7. The summed E-state index contributed by atoms with van der Waals surface area (Å²) in [6.45, 7) is 2.42. The molecule has 3 heterocycles. The van der Waals surface area contributed by atoms with E-state index in [-0.39, 0.29) is 40.8 Å². The molecule has 5 rings (SSSR count). The van der Waals surface area contributed by atoms with Gasteiger partial charge in [-0.15, -0.1) is 0 Å². The fourth-order valence-electron chi connectivity index (χ4n) is 4.80. The second-order valence-electron chi connectivity index (χ2n) is 8.04. The summed E-state index contributed by atoms with van der Waals surface area (Å²) < 4.78 is 32.4. The number of benzene rings is 1. The molecule has 2 saturated heterocycles. The van der Waals surface area contributed by atoms with Crippen molar-refractivity contribution in [2.75, 3.05) is 17.2 Å². The van der Waals surface area contributed by atoms with Crippen LogP contribution in [0.4, 0.5) is 20.2 Å². The van der Waals surface area contributed by atoms with Gasteiger partial charge in [0.05, 0.1) is 16.6 Å². The van der Waals surface area contributed by atoms with Crippen molar-refractivity contribution in [1.82, 2.24) is 9.88 Å². The predicted octanol–water partition coefficient (Wildman–Crippen LogP) is 1.83. The predicted molar refractivity (Wildman–Crippen MR) is 99.9 cm³/mol. The lowest BCUT2D eigenvalue weighted by Crippen LogP contribution is -2.50. The maximum Gasteiger partial charge on any atom is 0.341 e. The van der Waals surface area contributed by atoms with Gasteiger partial charge in [-0.2, -0.15) is 0 Å². The number of anilines is 2. The lowest BCUT2D eigenvalue weighted by molar-refractivity contribution is 0.0695. The maximum atomic E-state index is 15.7. The van der Waals surface area contributed by atoms with Gasteiger partial charge >= 0.3 is 5.97 Å². The molecule has 2 aromatic rings. The number of halogens is 2. The van der Waals surface area contributed by atoms with Crippen molar-refractivity contribution in [3.05, 3.63) is 33.6 Å². The van der Waals surface area contributed by atoms with Crippen LogP contribution >= 0.6 is 0 Å². The Kier molecular flexibility index (Phi) is 3.52. The van der Waals surface area contributed by atoms with Gasteiger partial charge in [-0.25, -0.2) is 13.6 Å². The Morgan fingerprint density at radius 2 is 2.04 bits per heavy atom. The van der Waals surface area contributed by atoms with Gasteiger partial charge in [-0.3, -0.25) is 4.79 Å². The number of fused-ring (bicyclic) bond motifs is 3. The van der Waals surface area contributed by atoms with Gasteiger partial charge in [0, 0.05) is 36.9 Å². The minimum Gasteiger partial charge on any atom is -0.477 e. The van der Waals surface area contributed by atoms with E-state index >= 15 is 8.78 Å². The summed E-state index contributed by atoms with van der Waals surface area (Å²) in [5, 5.41) is 12.3. The zero-order chi connectivity index (χ0) is 19.9. The summed E-state index contributed by atoms with van der Waals surface area (Å²) in [5.41, 5.74) is 3.66. The van der Waals surface area contributed by atoms with Gasteiger partial charge in [0.1, 0.15) is 11.3 Å². The molecule has 0 amide bonds. The van der Waals surface area contributed by atoms with Crippen LogP contribution in [-0.4, -0.2) is 40.3 Å². The number of carboxylic acid groups (broad SMARTS) is 1. The quantitative estimate of drug-likeness (QED) is 0.692. The van der Waals surface area contributed by atoms with Crippen molar-refractivity contribution in [2.45, 2.75) is 50.4 Å². The first-order valence-corrected chi connectivity index (χ1v) is 9.40. The molecular weight excluding hydrogens is 370 g/mol. The molecule has 1 aromatic carbocycles. The molecule has 7 nitrogen and oxygen atoms in total. The van der Waals surface area contributed by atoms with E-state index in [1.807, 2.05) is 6.92 Å². The van der Waals surface area contributed by atoms with E-state index in [0.717, 1.165) is 25.5 Å². The van der Waals surface area contributed by atoms with E-state index in [9.17, 15) is 14.7 Å². The van der Waals surface area contributed by atoms with Crippen molar-refractivity contribution in [3.63, 3.8) is 0 Å². The van der Waals surface area contributed by atoms with E-state index in [1.54, 1.807) is 4.90 Å². The number of hydrogen-bond donors (Lipinski definition) is 3. The number of aromatic carboxylic acids is 1. The Hall–Kier alpha value is -2.68. The molecule has 1 aromatic heterocycles. The number of nitrogens with one attached hydrogen (secondary N) is 1. The summed E-state index contributed by atoms with van der Waals surface area (Å²) in [7, 11) is 0. The van der Waals surface area contributed by atoms with Gasteiger partial charge in [-0.1, -0.05) is 0 Å². The second kappa shape index (κ2) is 5.66. The summed E-state index contributed by atoms with van der Waals surface area (Å²) in [4.78, 5) is 25.8. The highest BCUT2D eigenvalue weighted by Crippen LogP contribution is 2.43. The molecule has 28 heavy (non-hydrogen) atoms. The summed E-state index contributed by atoms with van der Waals surface area (Å²) >= 11 is 0. The number of nitrogens with two attached hydrogens (primary N) is 1. The number of carbonyl (C=O) groups is 1. The summed E-state index contributed by atoms with van der Waals surface area (Å²) in [6, 6.07) is 0.0412. The zero-order valence-electron chi connectivity index (χ0n) is 15.2. The van der Waals surface area contributed by atoms with Crippen LogP contribution in [0.25, 0.3) is 10.9 Å². The monoisotopic (exact) mass is 390 g/mol. The lowest BCUT2D eigenvalue weighted by atomic mass is 10.0. The highest BCUT2D eigenvalue weighted by molar-refractivity contribution is 5.99. The number of nitrogen functional groups attached to an aromatic ring is 1. The number of carboxylic acids is 1. The third kappa shape index (κ3) is 2.22. The molecule has 9 heteroatoms. The standard InChI is InChI=1S/C19H20F2N4O3/c1-7-11-4-8(23-7)5-25(11)17-13(20)15(22)12-16(14(17)21)24(9-2-3-9)6-10(18(12)26)19(27)28/h6-9,11,23H,2-5,22H2,1H3,(H,27,28). The number of aromatic nitrogens is 1. The van der Waals surface area contributed by atoms with Crippen molar-refractivity contribution in [3.8, 4) is 0 Å². The van der Waals surface area contributed by atoms with E-state index in [0.29, 0.717) is 6.54 Å². The van der Waals surface area contributed by atoms with Gasteiger partial charge in [0.25, 0.3) is 0 Å². The fraction of sp³-hybridized carbons (Fsp3) is 0.474. The van der Waals surface area contributed by atoms with E-state index in [4.69, 9.17) is 5.73 Å². The van der Waals surface area contributed by atoms with Gasteiger partial charge in [-0.05, 0) is 26.2 Å². The first-order valence-electron chi connectivity index (χ1n) is 9.40. The number of pyridine rings is 1. The fourth-order valence-corrected chi connectivity index (χ4v) is 4.80. The lowest BCUT2D eigenvalue weighted by Gasteiger charge is -2.35. The molecule has 2 aliphatic heterocycles. The number of nitrogens with zero attached hydrogens (tertiary/aromatic N) is 2. The zero-order valence-corrected chi connectivity index (χ0v) is 15.2. The molecular formula is C19H20F2N4O3. The molecule has 1 aliphatic carbocycles. The van der Waals surface area contributed by atoms with Gasteiger partial charge in [0.2, 0.25) is 5.43 Å². The Balaban J connectivity index is 1.83. The number of rotatable bonds is 3. The van der Waals surface area contributed by atoms with Crippen LogP contribution in [0.3, 0.4) is 0 Å². The SMILES string of the molecule is CC1NC2CC1N(c1c(F)c(N)c3c(=O)c(C(=O)O)cn(C4CC4)c3c1F)C2. The van der Waals surface area contributed by atoms with E-state index in [1.165, 1.54) is 4.57 Å². The van der Waals surface area contributed by atoms with Gasteiger partial charge in [0.15, 0.2) is 11.6 Å². The molecule has 3 aliphatic rings. The topological polar surface area (TPSA) is 101 Å². The molecule has 0 spiro atoms. The first kappa shape index (κ1) is 17.4. The third-order valence-corrected chi connectivity index (χ3v) is 6.24.